The molecular weight excluding hydrogens is 339 g/mol. The molecule has 0 spiro atoms. The van der Waals surface area contributed by atoms with Gasteiger partial charge in [0.25, 0.3) is 0 Å². The van der Waals surface area contributed by atoms with Crippen LogP contribution in [-0.2, 0) is 14.8 Å². The summed E-state index contributed by atoms with van der Waals surface area (Å²) in [5, 5.41) is 0. The van der Waals surface area contributed by atoms with E-state index in [4.69, 9.17) is 10.5 Å². The van der Waals surface area contributed by atoms with E-state index in [1.807, 2.05) is 0 Å². The van der Waals surface area contributed by atoms with Crippen molar-refractivity contribution in [3.05, 3.63) is 22.4 Å². The van der Waals surface area contributed by atoms with E-state index in [1.165, 1.54) is 14.2 Å². The lowest BCUT2D eigenvalue weighted by Crippen LogP contribution is -2.38. The maximum absolute atomic E-state index is 13.3. The lowest BCUT2D eigenvalue weighted by atomic mass is 10.3. The van der Waals surface area contributed by atoms with Crippen LogP contribution in [0.5, 0.6) is 0 Å². The summed E-state index contributed by atoms with van der Waals surface area (Å²) < 4.78 is 44.1. The third kappa shape index (κ3) is 3.44. The fraction of sp³-hybridized carbons (Fsp3) is 0.455. The molecule has 1 rings (SSSR count). The Morgan fingerprint density at radius 1 is 1.53 bits per heavy atom. The first-order chi connectivity index (χ1) is 8.71. The summed E-state index contributed by atoms with van der Waals surface area (Å²) in [6.45, 7) is 1.95. The van der Waals surface area contributed by atoms with E-state index < -0.39 is 15.8 Å². The Morgan fingerprint density at radius 2 is 2.11 bits per heavy atom. The quantitative estimate of drug-likeness (QED) is 0.818. The minimum absolute atomic E-state index is 0.0491. The molecule has 0 heterocycles. The number of sulfonamides is 1. The Balaban J connectivity index is 3.24. The molecule has 0 aliphatic heterocycles. The minimum Gasteiger partial charge on any atom is -0.398 e. The molecule has 5 nitrogen and oxygen atoms in total. The van der Waals surface area contributed by atoms with Crippen LogP contribution in [0.4, 0.5) is 10.1 Å². The molecule has 0 amide bonds. The number of anilines is 1. The molecule has 0 bridgehead atoms. The molecular formula is C11H16BrFN2O3S. The summed E-state index contributed by atoms with van der Waals surface area (Å²) in [4.78, 5) is -0.133. The van der Waals surface area contributed by atoms with E-state index in [0.29, 0.717) is 0 Å². The third-order valence-corrected chi connectivity index (χ3v) is 5.37. The molecule has 1 unspecified atom stereocenters. The Labute approximate surface area is 120 Å². The Kier molecular flexibility index (Phi) is 5.31. The number of nitrogens with zero attached hydrogens (tertiary/aromatic N) is 1. The number of hydrogen-bond donors (Lipinski definition) is 1. The van der Waals surface area contributed by atoms with Crippen molar-refractivity contribution in [2.24, 2.45) is 0 Å². The number of methoxy groups -OCH3 is 1. The van der Waals surface area contributed by atoms with Gasteiger partial charge in [-0.3, -0.25) is 0 Å². The van der Waals surface area contributed by atoms with Crippen LogP contribution in [0.3, 0.4) is 0 Å². The standard InChI is InChI=1S/C11H16BrFN2O3S/c1-7(6-18-3)15(2)19(16,17)11-4-8(12)9(13)5-10(11)14/h4-5,7H,6,14H2,1-3H3. The van der Waals surface area contributed by atoms with Crippen LogP contribution < -0.4 is 5.73 Å². The zero-order chi connectivity index (χ0) is 14.8. The number of benzene rings is 1. The smallest absolute Gasteiger partial charge is 0.245 e. The lowest BCUT2D eigenvalue weighted by molar-refractivity contribution is 0.149. The van der Waals surface area contributed by atoms with Crippen LogP contribution in [0.15, 0.2) is 21.5 Å². The van der Waals surface area contributed by atoms with Crippen molar-refractivity contribution in [3.8, 4) is 0 Å². The molecule has 1 aromatic rings. The fourth-order valence-electron chi connectivity index (χ4n) is 1.51. The number of ether oxygens (including phenoxy) is 1. The molecule has 0 aliphatic carbocycles. The lowest BCUT2D eigenvalue weighted by Gasteiger charge is -2.24. The second-order valence-electron chi connectivity index (χ2n) is 4.13. The van der Waals surface area contributed by atoms with Crippen LogP contribution in [0.1, 0.15) is 6.92 Å². The van der Waals surface area contributed by atoms with Crippen LogP contribution >= 0.6 is 15.9 Å². The third-order valence-electron chi connectivity index (χ3n) is 2.74. The zero-order valence-electron chi connectivity index (χ0n) is 10.9. The number of nitrogen functional groups attached to an aromatic ring is 1. The highest BCUT2D eigenvalue weighted by Gasteiger charge is 2.28. The van der Waals surface area contributed by atoms with Crippen molar-refractivity contribution in [3.63, 3.8) is 0 Å². The van der Waals surface area contributed by atoms with Crippen LogP contribution in [0.25, 0.3) is 0 Å². The van der Waals surface area contributed by atoms with Gasteiger partial charge in [0.05, 0.1) is 16.8 Å². The first kappa shape index (κ1) is 16.4. The van der Waals surface area contributed by atoms with Gasteiger partial charge < -0.3 is 10.5 Å². The van der Waals surface area contributed by atoms with E-state index in [9.17, 15) is 12.8 Å². The summed E-state index contributed by atoms with van der Waals surface area (Å²) in [5.74, 6) is -0.607. The molecule has 0 aliphatic rings. The van der Waals surface area contributed by atoms with Crippen molar-refractivity contribution in [2.75, 3.05) is 26.5 Å². The van der Waals surface area contributed by atoms with Crippen molar-refractivity contribution in [1.29, 1.82) is 0 Å². The molecule has 0 fully saturated rings. The molecule has 0 saturated heterocycles. The number of likely N-dealkylation sites (N-methyl/N-ethyl adjacent to an activating group) is 1. The topological polar surface area (TPSA) is 72.6 Å². The second kappa shape index (κ2) is 6.17. The van der Waals surface area contributed by atoms with Crippen molar-refractivity contribution >= 4 is 31.6 Å². The van der Waals surface area contributed by atoms with Crippen molar-refractivity contribution in [1.82, 2.24) is 4.31 Å². The van der Waals surface area contributed by atoms with Gasteiger partial charge in [0.15, 0.2) is 0 Å². The van der Waals surface area contributed by atoms with Crippen LogP contribution in [0.2, 0.25) is 0 Å². The van der Waals surface area contributed by atoms with Crippen LogP contribution in [-0.4, -0.2) is 39.5 Å². The van der Waals surface area contributed by atoms with Gasteiger partial charge in [-0.05, 0) is 35.0 Å². The van der Waals surface area contributed by atoms with Crippen molar-refractivity contribution < 1.29 is 17.5 Å². The van der Waals surface area contributed by atoms with E-state index in [1.54, 1.807) is 6.92 Å². The highest BCUT2D eigenvalue weighted by molar-refractivity contribution is 9.10. The molecule has 2 N–H and O–H groups in total. The van der Waals surface area contributed by atoms with E-state index in [-0.39, 0.29) is 27.7 Å². The van der Waals surface area contributed by atoms with Gasteiger partial charge in [0, 0.05) is 20.2 Å². The predicted molar refractivity (Wildman–Crippen MR) is 74.8 cm³/mol. The SMILES string of the molecule is COCC(C)N(C)S(=O)(=O)c1cc(Br)c(F)cc1N. The Bertz CT molecular complexity index is 565. The molecule has 8 heteroatoms. The number of hydrogen-bond acceptors (Lipinski definition) is 4. The van der Waals surface area contributed by atoms with Gasteiger partial charge in [-0.2, -0.15) is 4.31 Å². The highest BCUT2D eigenvalue weighted by Crippen LogP contribution is 2.28. The molecule has 0 aromatic heterocycles. The summed E-state index contributed by atoms with van der Waals surface area (Å²) in [5.41, 5.74) is 5.46. The van der Waals surface area contributed by atoms with Gasteiger partial charge >= 0.3 is 0 Å². The van der Waals surface area contributed by atoms with E-state index in [0.717, 1.165) is 16.4 Å². The number of nitrogens with two attached hydrogens (primary N) is 1. The monoisotopic (exact) mass is 354 g/mol. The maximum Gasteiger partial charge on any atom is 0.245 e. The largest absolute Gasteiger partial charge is 0.398 e. The van der Waals surface area contributed by atoms with Gasteiger partial charge in [-0.25, -0.2) is 12.8 Å². The summed E-state index contributed by atoms with van der Waals surface area (Å²) in [6.07, 6.45) is 0. The van der Waals surface area contributed by atoms with Crippen molar-refractivity contribution in [2.45, 2.75) is 17.9 Å². The first-order valence-electron chi connectivity index (χ1n) is 5.43. The Hall–Kier alpha value is -0.700. The average molecular weight is 355 g/mol. The molecule has 0 radical (unpaired) electrons. The highest BCUT2D eigenvalue weighted by atomic mass is 79.9. The molecule has 108 valence electrons. The van der Waals surface area contributed by atoms with Gasteiger partial charge in [-0.15, -0.1) is 0 Å². The molecule has 0 saturated carbocycles. The summed E-state index contributed by atoms with van der Waals surface area (Å²) in [7, 11) is -0.886. The van der Waals surface area contributed by atoms with Gasteiger partial charge in [0.1, 0.15) is 10.7 Å². The first-order valence-corrected chi connectivity index (χ1v) is 7.66. The van der Waals surface area contributed by atoms with Gasteiger partial charge in [-0.1, -0.05) is 0 Å². The minimum atomic E-state index is -3.80. The number of halogens is 2. The normalized spacial score (nSPS) is 13.8. The average Bonchev–Trinajstić information content (AvgIpc) is 2.32. The molecule has 1 aromatic carbocycles. The van der Waals surface area contributed by atoms with E-state index >= 15 is 0 Å². The predicted octanol–water partition coefficient (Wildman–Crippen LogP) is 1.83. The molecule has 19 heavy (non-hydrogen) atoms. The second-order valence-corrected chi connectivity index (χ2v) is 6.95. The Morgan fingerprint density at radius 3 is 2.63 bits per heavy atom. The van der Waals surface area contributed by atoms with E-state index in [2.05, 4.69) is 15.9 Å². The summed E-state index contributed by atoms with van der Waals surface area (Å²) in [6, 6.07) is 1.78. The zero-order valence-corrected chi connectivity index (χ0v) is 13.3. The van der Waals surface area contributed by atoms with Gasteiger partial charge in [0.2, 0.25) is 10.0 Å². The number of rotatable bonds is 5. The molecule has 1 atom stereocenters. The summed E-state index contributed by atoms with van der Waals surface area (Å²) >= 11 is 2.95. The fourth-order valence-corrected chi connectivity index (χ4v) is 3.47. The van der Waals surface area contributed by atoms with Crippen LogP contribution in [0, 0.1) is 5.82 Å². The maximum atomic E-state index is 13.3.